The molecule has 0 aromatic carbocycles. The van der Waals surface area contributed by atoms with Crippen LogP contribution < -0.4 is 0 Å². The largest absolute Gasteiger partial charge is 0.396 e. The summed E-state index contributed by atoms with van der Waals surface area (Å²) in [4.78, 5) is 13.9. The van der Waals surface area contributed by atoms with E-state index >= 15 is 0 Å². The first kappa shape index (κ1) is 12.7. The molecule has 0 bridgehead atoms. The van der Waals surface area contributed by atoms with Crippen molar-refractivity contribution in [1.29, 1.82) is 0 Å². The number of hydrogen-bond acceptors (Lipinski definition) is 3. The Labute approximate surface area is 92.5 Å². The van der Waals surface area contributed by atoms with Gasteiger partial charge in [-0.25, -0.2) is 0 Å². The zero-order valence-electron chi connectivity index (χ0n) is 9.74. The maximum Gasteiger partial charge on any atom is 0.138 e. The summed E-state index contributed by atoms with van der Waals surface area (Å²) in [6.45, 7) is 5.38. The highest BCUT2D eigenvalue weighted by Gasteiger charge is 2.24. The predicted molar refractivity (Wildman–Crippen MR) is 60.8 cm³/mol. The number of rotatable bonds is 6. The Hall–Kier alpha value is -0.410. The van der Waals surface area contributed by atoms with Crippen molar-refractivity contribution in [2.24, 2.45) is 5.92 Å². The van der Waals surface area contributed by atoms with E-state index in [1.165, 1.54) is 0 Å². The Balaban J connectivity index is 2.17. The van der Waals surface area contributed by atoms with Crippen LogP contribution in [-0.2, 0) is 4.79 Å². The van der Waals surface area contributed by atoms with Crippen LogP contribution in [0.3, 0.4) is 0 Å². The zero-order chi connectivity index (χ0) is 11.1. The maximum atomic E-state index is 11.5. The number of hydrogen-bond donors (Lipinski definition) is 1. The number of unbranched alkanes of at least 4 members (excludes halogenated alkanes) is 2. The van der Waals surface area contributed by atoms with Crippen LogP contribution in [0.5, 0.6) is 0 Å². The molecule has 0 saturated carbocycles. The van der Waals surface area contributed by atoms with Gasteiger partial charge >= 0.3 is 0 Å². The van der Waals surface area contributed by atoms with Gasteiger partial charge in [0.15, 0.2) is 0 Å². The second kappa shape index (κ2) is 6.96. The molecule has 1 heterocycles. The second-order valence-electron chi connectivity index (χ2n) is 4.41. The van der Waals surface area contributed by atoms with E-state index in [-0.39, 0.29) is 5.92 Å². The number of likely N-dealkylation sites (tertiary alicyclic amines) is 1. The van der Waals surface area contributed by atoms with Gasteiger partial charge in [-0.2, -0.15) is 0 Å². The molecule has 0 spiro atoms. The molecule has 0 radical (unpaired) electrons. The lowest BCUT2D eigenvalue weighted by Crippen LogP contribution is -2.40. The van der Waals surface area contributed by atoms with Crippen molar-refractivity contribution in [3.8, 4) is 0 Å². The molecule has 1 rings (SSSR count). The standard InChI is InChI=1S/C12H23NO2/c1-2-11-10-13(8-6-12(11)15)7-4-3-5-9-14/h11,14H,2-10H2,1H3. The normalized spacial score (nSPS) is 23.3. The number of aliphatic hydroxyl groups is 1. The number of carbonyl (C=O) groups excluding carboxylic acids is 1. The summed E-state index contributed by atoms with van der Waals surface area (Å²) in [5, 5.41) is 8.66. The lowest BCUT2D eigenvalue weighted by atomic mass is 9.94. The molecule has 0 aliphatic carbocycles. The van der Waals surface area contributed by atoms with Crippen LogP contribution >= 0.6 is 0 Å². The van der Waals surface area contributed by atoms with Gasteiger partial charge in [-0.15, -0.1) is 0 Å². The van der Waals surface area contributed by atoms with E-state index in [0.717, 1.165) is 51.7 Å². The van der Waals surface area contributed by atoms with Gasteiger partial charge in [-0.05, 0) is 32.2 Å². The second-order valence-corrected chi connectivity index (χ2v) is 4.41. The van der Waals surface area contributed by atoms with E-state index in [9.17, 15) is 4.79 Å². The number of ketones is 1. The first-order valence-electron chi connectivity index (χ1n) is 6.13. The van der Waals surface area contributed by atoms with Crippen LogP contribution in [0.1, 0.15) is 39.0 Å². The third kappa shape index (κ3) is 4.31. The van der Waals surface area contributed by atoms with Crippen molar-refractivity contribution >= 4 is 5.78 Å². The Bertz CT molecular complexity index is 194. The molecule has 1 atom stereocenters. The highest BCUT2D eigenvalue weighted by atomic mass is 16.2. The minimum atomic E-state index is 0.275. The SMILES string of the molecule is CCC1CN(CCCCCO)CCC1=O. The van der Waals surface area contributed by atoms with Crippen molar-refractivity contribution in [3.63, 3.8) is 0 Å². The van der Waals surface area contributed by atoms with Gasteiger partial charge < -0.3 is 10.0 Å². The molecule has 15 heavy (non-hydrogen) atoms. The molecule has 1 unspecified atom stereocenters. The van der Waals surface area contributed by atoms with Gasteiger partial charge in [0.05, 0.1) is 0 Å². The van der Waals surface area contributed by atoms with Crippen molar-refractivity contribution < 1.29 is 9.90 Å². The van der Waals surface area contributed by atoms with Crippen molar-refractivity contribution in [2.75, 3.05) is 26.2 Å². The number of Topliss-reactive ketones (excluding diaryl/α,β-unsaturated/α-hetero) is 1. The molecule has 0 aromatic heterocycles. The molecule has 0 aromatic rings. The zero-order valence-corrected chi connectivity index (χ0v) is 9.74. The Morgan fingerprint density at radius 1 is 1.40 bits per heavy atom. The lowest BCUT2D eigenvalue weighted by molar-refractivity contribution is -0.126. The minimum Gasteiger partial charge on any atom is -0.396 e. The van der Waals surface area contributed by atoms with Crippen LogP contribution in [0.4, 0.5) is 0 Å². The Kier molecular flexibility index (Phi) is 5.88. The van der Waals surface area contributed by atoms with E-state index in [1.54, 1.807) is 0 Å². The number of nitrogens with zero attached hydrogens (tertiary/aromatic N) is 1. The first-order valence-corrected chi connectivity index (χ1v) is 6.13. The van der Waals surface area contributed by atoms with Gasteiger partial charge in [-0.1, -0.05) is 6.92 Å². The van der Waals surface area contributed by atoms with Crippen molar-refractivity contribution in [3.05, 3.63) is 0 Å². The number of carbonyl (C=O) groups is 1. The summed E-state index contributed by atoms with van der Waals surface area (Å²) in [6, 6.07) is 0. The highest BCUT2D eigenvalue weighted by Crippen LogP contribution is 2.16. The molecule has 0 amide bonds. The van der Waals surface area contributed by atoms with Crippen LogP contribution in [0.25, 0.3) is 0 Å². The molecular weight excluding hydrogens is 190 g/mol. The third-order valence-corrected chi connectivity index (χ3v) is 3.23. The minimum absolute atomic E-state index is 0.275. The molecule has 3 nitrogen and oxygen atoms in total. The molecule has 1 aliphatic heterocycles. The molecule has 1 fully saturated rings. The van der Waals surface area contributed by atoms with Crippen LogP contribution in [0.15, 0.2) is 0 Å². The monoisotopic (exact) mass is 213 g/mol. The van der Waals surface area contributed by atoms with Gasteiger partial charge in [0.2, 0.25) is 0 Å². The summed E-state index contributed by atoms with van der Waals surface area (Å²) in [5.41, 5.74) is 0. The summed E-state index contributed by atoms with van der Waals surface area (Å²) in [6.07, 6.45) is 4.86. The molecular formula is C12H23NO2. The average molecular weight is 213 g/mol. The quantitative estimate of drug-likeness (QED) is 0.679. The molecule has 1 aliphatic rings. The summed E-state index contributed by atoms with van der Waals surface area (Å²) < 4.78 is 0. The fourth-order valence-corrected chi connectivity index (χ4v) is 2.16. The van der Waals surface area contributed by atoms with Crippen LogP contribution in [0, 0.1) is 5.92 Å². The van der Waals surface area contributed by atoms with Crippen molar-refractivity contribution in [1.82, 2.24) is 4.90 Å². The highest BCUT2D eigenvalue weighted by molar-refractivity contribution is 5.82. The maximum absolute atomic E-state index is 11.5. The number of aliphatic hydroxyl groups excluding tert-OH is 1. The van der Waals surface area contributed by atoms with E-state index in [4.69, 9.17) is 5.11 Å². The lowest BCUT2D eigenvalue weighted by Gasteiger charge is -2.31. The molecule has 1 N–H and O–H groups in total. The van der Waals surface area contributed by atoms with Gasteiger partial charge in [0, 0.05) is 32.0 Å². The van der Waals surface area contributed by atoms with Gasteiger partial charge in [0.1, 0.15) is 5.78 Å². The molecule has 3 heteroatoms. The Morgan fingerprint density at radius 3 is 2.87 bits per heavy atom. The summed E-state index contributed by atoms with van der Waals surface area (Å²) in [5.74, 6) is 0.723. The topological polar surface area (TPSA) is 40.5 Å². The van der Waals surface area contributed by atoms with E-state index in [1.807, 2.05) is 0 Å². The van der Waals surface area contributed by atoms with Crippen LogP contribution in [0.2, 0.25) is 0 Å². The van der Waals surface area contributed by atoms with Crippen LogP contribution in [-0.4, -0.2) is 42.0 Å². The summed E-state index contributed by atoms with van der Waals surface area (Å²) >= 11 is 0. The van der Waals surface area contributed by atoms with E-state index < -0.39 is 0 Å². The molecule has 1 saturated heterocycles. The predicted octanol–water partition coefficient (Wildman–Crippen LogP) is 1.45. The smallest absolute Gasteiger partial charge is 0.138 e. The Morgan fingerprint density at radius 2 is 2.20 bits per heavy atom. The fourth-order valence-electron chi connectivity index (χ4n) is 2.16. The molecule has 88 valence electrons. The first-order chi connectivity index (χ1) is 7.27. The fraction of sp³-hybridized carbons (Fsp3) is 0.917. The van der Waals surface area contributed by atoms with Gasteiger partial charge in [0.25, 0.3) is 0 Å². The van der Waals surface area contributed by atoms with E-state index in [0.29, 0.717) is 12.4 Å². The van der Waals surface area contributed by atoms with Crippen molar-refractivity contribution in [2.45, 2.75) is 39.0 Å². The van der Waals surface area contributed by atoms with Gasteiger partial charge in [-0.3, -0.25) is 4.79 Å². The third-order valence-electron chi connectivity index (χ3n) is 3.23. The summed E-state index contributed by atoms with van der Waals surface area (Å²) in [7, 11) is 0. The number of piperidine rings is 1. The van der Waals surface area contributed by atoms with E-state index in [2.05, 4.69) is 11.8 Å². The average Bonchev–Trinajstić information content (AvgIpc) is 2.26.